The first-order valence-electron chi connectivity index (χ1n) is 8.81. The van der Waals surface area contributed by atoms with Crippen molar-refractivity contribution in [2.24, 2.45) is 0 Å². The summed E-state index contributed by atoms with van der Waals surface area (Å²) in [4.78, 5) is 0. The van der Waals surface area contributed by atoms with Gasteiger partial charge in [0.05, 0.1) is 5.69 Å². The number of aromatic hydroxyl groups is 1. The second-order valence-corrected chi connectivity index (χ2v) is 6.43. The Morgan fingerprint density at radius 1 is 0.964 bits per heavy atom. The zero-order chi connectivity index (χ0) is 19.5. The molecule has 5 nitrogen and oxygen atoms in total. The monoisotopic (exact) mass is 375 g/mol. The Balaban J connectivity index is 1.77. The Morgan fingerprint density at radius 2 is 1.71 bits per heavy atom. The Kier molecular flexibility index (Phi) is 4.76. The quantitative estimate of drug-likeness (QED) is 0.475. The summed E-state index contributed by atoms with van der Waals surface area (Å²) < 4.78 is 20.4. The van der Waals surface area contributed by atoms with Gasteiger partial charge in [0.15, 0.2) is 0 Å². The SMILES string of the molecule is Cc1ccc(O)c(N[C@H](c2nnc(-c3ccccc3)o2)c2ccccc2F)c1. The molecule has 0 bridgehead atoms. The summed E-state index contributed by atoms with van der Waals surface area (Å²) in [6.45, 7) is 1.91. The minimum absolute atomic E-state index is 0.0507. The lowest BCUT2D eigenvalue weighted by Gasteiger charge is -2.18. The molecule has 0 unspecified atom stereocenters. The Morgan fingerprint density at radius 3 is 2.50 bits per heavy atom. The number of rotatable bonds is 5. The number of benzene rings is 3. The number of nitrogens with one attached hydrogen (secondary N) is 1. The minimum Gasteiger partial charge on any atom is -0.506 e. The largest absolute Gasteiger partial charge is 0.506 e. The van der Waals surface area contributed by atoms with Crippen LogP contribution in [0.3, 0.4) is 0 Å². The van der Waals surface area contributed by atoms with E-state index in [0.717, 1.165) is 11.1 Å². The highest BCUT2D eigenvalue weighted by Gasteiger charge is 2.25. The summed E-state index contributed by atoms with van der Waals surface area (Å²) in [6.07, 6.45) is 0. The lowest BCUT2D eigenvalue weighted by molar-refractivity contribution is 0.470. The van der Waals surface area contributed by atoms with Crippen molar-refractivity contribution in [1.82, 2.24) is 10.2 Å². The molecule has 0 amide bonds. The van der Waals surface area contributed by atoms with Gasteiger partial charge in [0, 0.05) is 11.1 Å². The van der Waals surface area contributed by atoms with Crippen LogP contribution in [-0.4, -0.2) is 15.3 Å². The first-order chi connectivity index (χ1) is 13.6. The lowest BCUT2D eigenvalue weighted by atomic mass is 10.1. The van der Waals surface area contributed by atoms with Crippen LogP contribution in [0.1, 0.15) is 23.1 Å². The zero-order valence-corrected chi connectivity index (χ0v) is 15.1. The molecule has 0 saturated heterocycles. The molecule has 1 atom stereocenters. The molecule has 0 aliphatic rings. The van der Waals surface area contributed by atoms with Crippen molar-refractivity contribution in [3.8, 4) is 17.2 Å². The fraction of sp³-hybridized carbons (Fsp3) is 0.0909. The third kappa shape index (κ3) is 3.57. The number of anilines is 1. The first-order valence-corrected chi connectivity index (χ1v) is 8.81. The summed E-state index contributed by atoms with van der Waals surface area (Å²) >= 11 is 0. The molecule has 0 radical (unpaired) electrons. The molecule has 140 valence electrons. The molecular formula is C22H18FN3O2. The fourth-order valence-electron chi connectivity index (χ4n) is 2.95. The van der Waals surface area contributed by atoms with Crippen LogP contribution >= 0.6 is 0 Å². The van der Waals surface area contributed by atoms with Crippen LogP contribution in [0.2, 0.25) is 0 Å². The van der Waals surface area contributed by atoms with Gasteiger partial charge in [0.25, 0.3) is 0 Å². The van der Waals surface area contributed by atoms with Crippen LogP contribution in [0.15, 0.2) is 77.2 Å². The molecule has 3 aromatic carbocycles. The third-order valence-corrected chi connectivity index (χ3v) is 4.38. The van der Waals surface area contributed by atoms with Crippen molar-refractivity contribution in [3.63, 3.8) is 0 Å². The van der Waals surface area contributed by atoms with Gasteiger partial charge in [-0.2, -0.15) is 0 Å². The van der Waals surface area contributed by atoms with E-state index in [1.54, 1.807) is 36.4 Å². The summed E-state index contributed by atoms with van der Waals surface area (Å²) in [7, 11) is 0. The van der Waals surface area contributed by atoms with Gasteiger partial charge in [0.2, 0.25) is 11.8 Å². The van der Waals surface area contributed by atoms with Gasteiger partial charge < -0.3 is 14.8 Å². The van der Waals surface area contributed by atoms with Gasteiger partial charge in [-0.3, -0.25) is 0 Å². The molecule has 0 spiro atoms. The highest BCUT2D eigenvalue weighted by Crippen LogP contribution is 2.33. The van der Waals surface area contributed by atoms with Gasteiger partial charge in [0.1, 0.15) is 17.6 Å². The Hall–Kier alpha value is -3.67. The van der Waals surface area contributed by atoms with E-state index in [9.17, 15) is 9.50 Å². The normalized spacial score (nSPS) is 11.9. The average Bonchev–Trinajstić information content (AvgIpc) is 3.20. The van der Waals surface area contributed by atoms with E-state index >= 15 is 0 Å². The van der Waals surface area contributed by atoms with Gasteiger partial charge in [-0.15, -0.1) is 10.2 Å². The molecule has 28 heavy (non-hydrogen) atoms. The summed E-state index contributed by atoms with van der Waals surface area (Å²) in [5.74, 6) is 0.179. The number of phenolic OH excluding ortho intramolecular Hbond substituents is 1. The molecule has 0 saturated carbocycles. The number of hydrogen-bond donors (Lipinski definition) is 2. The van der Waals surface area contributed by atoms with E-state index in [1.807, 2.05) is 37.3 Å². The van der Waals surface area contributed by atoms with E-state index in [4.69, 9.17) is 4.42 Å². The predicted molar refractivity (Wildman–Crippen MR) is 104 cm³/mol. The minimum atomic E-state index is -0.765. The maximum atomic E-state index is 14.5. The van der Waals surface area contributed by atoms with Crippen molar-refractivity contribution in [2.45, 2.75) is 13.0 Å². The van der Waals surface area contributed by atoms with Crippen LogP contribution in [-0.2, 0) is 0 Å². The maximum Gasteiger partial charge on any atom is 0.247 e. The van der Waals surface area contributed by atoms with Gasteiger partial charge in [-0.25, -0.2) is 4.39 Å². The molecule has 0 aliphatic heterocycles. The Bertz CT molecular complexity index is 1100. The number of aromatic nitrogens is 2. The van der Waals surface area contributed by atoms with E-state index in [2.05, 4.69) is 15.5 Å². The molecule has 1 aromatic heterocycles. The molecule has 4 aromatic rings. The van der Waals surface area contributed by atoms with Crippen LogP contribution in [0.4, 0.5) is 10.1 Å². The Labute approximate surface area is 161 Å². The summed E-state index contributed by atoms with van der Waals surface area (Å²) in [5, 5.41) is 21.6. The molecule has 6 heteroatoms. The van der Waals surface area contributed by atoms with Crippen LogP contribution in [0, 0.1) is 12.7 Å². The number of hydrogen-bond acceptors (Lipinski definition) is 5. The number of halogens is 1. The van der Waals surface area contributed by atoms with Gasteiger partial charge in [-0.1, -0.05) is 42.5 Å². The topological polar surface area (TPSA) is 71.2 Å². The maximum absolute atomic E-state index is 14.5. The molecule has 2 N–H and O–H groups in total. The smallest absolute Gasteiger partial charge is 0.247 e. The van der Waals surface area contributed by atoms with Crippen LogP contribution in [0.25, 0.3) is 11.5 Å². The van der Waals surface area contributed by atoms with Gasteiger partial charge in [-0.05, 0) is 42.8 Å². The van der Waals surface area contributed by atoms with Crippen molar-refractivity contribution < 1.29 is 13.9 Å². The van der Waals surface area contributed by atoms with Crippen molar-refractivity contribution in [2.75, 3.05) is 5.32 Å². The predicted octanol–water partition coefficient (Wildman–Crippen LogP) is 5.09. The molecule has 1 heterocycles. The number of nitrogens with zero attached hydrogens (tertiary/aromatic N) is 2. The summed E-state index contributed by atoms with van der Waals surface area (Å²) in [5.41, 5.74) is 2.51. The summed E-state index contributed by atoms with van der Waals surface area (Å²) in [6, 6.07) is 20.1. The average molecular weight is 375 g/mol. The van der Waals surface area contributed by atoms with Gasteiger partial charge >= 0.3 is 0 Å². The van der Waals surface area contributed by atoms with E-state index in [0.29, 0.717) is 17.1 Å². The van der Waals surface area contributed by atoms with E-state index in [-0.39, 0.29) is 11.6 Å². The van der Waals surface area contributed by atoms with Crippen LogP contribution < -0.4 is 5.32 Å². The molecule has 4 rings (SSSR count). The highest BCUT2D eigenvalue weighted by atomic mass is 19.1. The molecule has 0 fully saturated rings. The van der Waals surface area contributed by atoms with Crippen molar-refractivity contribution in [3.05, 3.63) is 95.6 Å². The molecular weight excluding hydrogens is 357 g/mol. The van der Waals surface area contributed by atoms with Crippen molar-refractivity contribution in [1.29, 1.82) is 0 Å². The zero-order valence-electron chi connectivity index (χ0n) is 15.1. The fourth-order valence-corrected chi connectivity index (χ4v) is 2.95. The van der Waals surface area contributed by atoms with E-state index in [1.165, 1.54) is 6.07 Å². The molecule has 0 aliphatic carbocycles. The second kappa shape index (κ2) is 7.52. The lowest BCUT2D eigenvalue weighted by Crippen LogP contribution is -2.14. The number of aryl methyl sites for hydroxylation is 1. The van der Waals surface area contributed by atoms with E-state index < -0.39 is 11.9 Å². The van der Waals surface area contributed by atoms with Crippen LogP contribution in [0.5, 0.6) is 5.75 Å². The highest BCUT2D eigenvalue weighted by molar-refractivity contribution is 5.59. The second-order valence-electron chi connectivity index (χ2n) is 6.43. The van der Waals surface area contributed by atoms with Crippen molar-refractivity contribution >= 4 is 5.69 Å². The standard InChI is InChI=1S/C22H18FN3O2/c1-14-11-12-19(27)18(13-14)24-20(16-9-5-6-10-17(16)23)22-26-25-21(28-22)15-7-3-2-4-8-15/h2-13,20,24,27H,1H3/t20-/m0/s1. The number of phenols is 1. The third-order valence-electron chi connectivity index (χ3n) is 4.38. The first kappa shape index (κ1) is 17.7.